The number of nitrogens with zero attached hydrogens (tertiary/aromatic N) is 4. The lowest BCUT2D eigenvalue weighted by Crippen LogP contribution is -2.38. The molecule has 152 valence electrons. The Kier molecular flexibility index (Phi) is 5.37. The fraction of sp³-hybridized carbons (Fsp3) is 0.579. The predicted molar refractivity (Wildman–Crippen MR) is 101 cm³/mol. The SMILES string of the molecule is COc1ccc(F)cc1S(=O)(=O)N1CCC(c2nnc3n2CCCCC3)CC1. The van der Waals surface area contributed by atoms with E-state index in [-0.39, 0.29) is 16.6 Å². The Hall–Kier alpha value is -2.00. The number of methoxy groups -OCH3 is 1. The van der Waals surface area contributed by atoms with Crippen LogP contribution in [0, 0.1) is 5.82 Å². The molecule has 1 aromatic heterocycles. The molecule has 0 bridgehead atoms. The number of hydrogen-bond donors (Lipinski definition) is 0. The lowest BCUT2D eigenvalue weighted by atomic mass is 9.97. The van der Waals surface area contributed by atoms with E-state index in [0.29, 0.717) is 25.9 Å². The Bertz CT molecular complexity index is 952. The Morgan fingerprint density at radius 1 is 1.11 bits per heavy atom. The first-order valence-electron chi connectivity index (χ1n) is 9.76. The highest BCUT2D eigenvalue weighted by Gasteiger charge is 2.34. The van der Waals surface area contributed by atoms with E-state index in [2.05, 4.69) is 14.8 Å². The van der Waals surface area contributed by atoms with Crippen LogP contribution in [0.2, 0.25) is 0 Å². The average Bonchev–Trinajstić information content (AvgIpc) is 2.96. The zero-order chi connectivity index (χ0) is 19.7. The van der Waals surface area contributed by atoms with E-state index >= 15 is 0 Å². The number of sulfonamides is 1. The summed E-state index contributed by atoms with van der Waals surface area (Å²) in [6.45, 7) is 1.68. The molecule has 2 aromatic rings. The van der Waals surface area contributed by atoms with E-state index in [1.165, 1.54) is 30.0 Å². The highest BCUT2D eigenvalue weighted by molar-refractivity contribution is 7.89. The van der Waals surface area contributed by atoms with Crippen LogP contribution in [0.3, 0.4) is 0 Å². The van der Waals surface area contributed by atoms with Gasteiger partial charge >= 0.3 is 0 Å². The highest BCUT2D eigenvalue weighted by Crippen LogP contribution is 2.33. The number of rotatable bonds is 4. The Morgan fingerprint density at radius 2 is 1.89 bits per heavy atom. The molecule has 0 N–H and O–H groups in total. The molecule has 0 saturated carbocycles. The van der Waals surface area contributed by atoms with Crippen molar-refractivity contribution in [3.8, 4) is 5.75 Å². The van der Waals surface area contributed by atoms with Crippen molar-refractivity contribution in [3.63, 3.8) is 0 Å². The highest BCUT2D eigenvalue weighted by atomic mass is 32.2. The molecule has 2 aliphatic rings. The molecular formula is C19H25FN4O3S. The smallest absolute Gasteiger partial charge is 0.246 e. The molecule has 1 fully saturated rings. The molecule has 0 amide bonds. The van der Waals surface area contributed by atoms with Crippen molar-refractivity contribution >= 4 is 10.0 Å². The van der Waals surface area contributed by atoms with Crippen LogP contribution in [-0.2, 0) is 23.0 Å². The summed E-state index contributed by atoms with van der Waals surface area (Å²) in [6, 6.07) is 3.57. The number of hydrogen-bond acceptors (Lipinski definition) is 5. The third-order valence-electron chi connectivity index (χ3n) is 5.70. The van der Waals surface area contributed by atoms with Gasteiger partial charge in [0, 0.05) is 32.0 Å². The minimum atomic E-state index is -3.82. The molecule has 0 spiro atoms. The second kappa shape index (κ2) is 7.79. The Balaban J connectivity index is 1.52. The number of halogens is 1. The van der Waals surface area contributed by atoms with E-state index in [9.17, 15) is 12.8 Å². The largest absolute Gasteiger partial charge is 0.495 e. The topological polar surface area (TPSA) is 77.3 Å². The van der Waals surface area contributed by atoms with Crippen LogP contribution >= 0.6 is 0 Å². The van der Waals surface area contributed by atoms with Crippen LogP contribution in [0.25, 0.3) is 0 Å². The summed E-state index contributed by atoms with van der Waals surface area (Å²) in [4.78, 5) is -0.121. The minimum absolute atomic E-state index is 0.121. The third kappa shape index (κ3) is 3.53. The van der Waals surface area contributed by atoms with Gasteiger partial charge in [-0.2, -0.15) is 4.31 Å². The van der Waals surface area contributed by atoms with Crippen molar-refractivity contribution in [2.24, 2.45) is 0 Å². The van der Waals surface area contributed by atoms with Crippen molar-refractivity contribution in [1.29, 1.82) is 0 Å². The van der Waals surface area contributed by atoms with Crippen LogP contribution in [0.5, 0.6) is 5.75 Å². The number of piperidine rings is 1. The van der Waals surface area contributed by atoms with Gasteiger partial charge in [0.1, 0.15) is 28.1 Å². The van der Waals surface area contributed by atoms with Crippen molar-refractivity contribution in [1.82, 2.24) is 19.1 Å². The number of aryl methyl sites for hydroxylation is 1. The Labute approximate surface area is 164 Å². The van der Waals surface area contributed by atoms with E-state index in [4.69, 9.17) is 4.74 Å². The normalized spacial score (nSPS) is 19.2. The molecule has 1 aromatic carbocycles. The second-order valence-electron chi connectivity index (χ2n) is 7.41. The van der Waals surface area contributed by atoms with Crippen LogP contribution < -0.4 is 4.74 Å². The molecule has 28 heavy (non-hydrogen) atoms. The lowest BCUT2D eigenvalue weighted by molar-refractivity contribution is 0.306. The number of fused-ring (bicyclic) bond motifs is 1. The van der Waals surface area contributed by atoms with Gasteiger partial charge in [0.05, 0.1) is 7.11 Å². The summed E-state index contributed by atoms with van der Waals surface area (Å²) in [5.41, 5.74) is 0. The van der Waals surface area contributed by atoms with Crippen molar-refractivity contribution in [2.75, 3.05) is 20.2 Å². The molecule has 1 saturated heterocycles. The second-order valence-corrected chi connectivity index (χ2v) is 9.32. The van der Waals surface area contributed by atoms with E-state index in [0.717, 1.165) is 43.5 Å². The van der Waals surface area contributed by atoms with E-state index in [1.54, 1.807) is 0 Å². The maximum absolute atomic E-state index is 13.7. The third-order valence-corrected chi connectivity index (χ3v) is 7.62. The molecule has 3 heterocycles. The Morgan fingerprint density at radius 3 is 2.64 bits per heavy atom. The van der Waals surface area contributed by atoms with E-state index < -0.39 is 15.8 Å². The first-order chi connectivity index (χ1) is 13.5. The monoisotopic (exact) mass is 408 g/mol. The molecule has 0 atom stereocenters. The number of benzene rings is 1. The average molecular weight is 408 g/mol. The van der Waals surface area contributed by atoms with Crippen LogP contribution in [-0.4, -0.2) is 47.7 Å². The van der Waals surface area contributed by atoms with Gasteiger partial charge in [-0.3, -0.25) is 0 Å². The van der Waals surface area contributed by atoms with Gasteiger partial charge in [-0.1, -0.05) is 6.42 Å². The maximum atomic E-state index is 13.7. The van der Waals surface area contributed by atoms with Crippen LogP contribution in [0.4, 0.5) is 4.39 Å². The summed E-state index contributed by atoms with van der Waals surface area (Å²) in [7, 11) is -2.43. The van der Waals surface area contributed by atoms with Gasteiger partial charge in [-0.25, -0.2) is 12.8 Å². The first kappa shape index (κ1) is 19.3. The lowest BCUT2D eigenvalue weighted by Gasteiger charge is -2.31. The van der Waals surface area contributed by atoms with Crippen molar-refractivity contribution < 1.29 is 17.5 Å². The van der Waals surface area contributed by atoms with Gasteiger partial charge in [0.2, 0.25) is 10.0 Å². The van der Waals surface area contributed by atoms with Gasteiger partial charge in [-0.15, -0.1) is 10.2 Å². The minimum Gasteiger partial charge on any atom is -0.495 e. The standard InChI is InChI=1S/C19H25FN4O3S/c1-27-16-7-6-15(20)13-17(16)28(25,26)23-11-8-14(9-12-23)19-22-21-18-5-3-2-4-10-24(18)19/h6-7,13-14H,2-5,8-12H2,1H3. The molecule has 4 rings (SSSR count). The first-order valence-corrected chi connectivity index (χ1v) is 11.2. The fourth-order valence-corrected chi connectivity index (χ4v) is 5.79. The molecule has 7 nitrogen and oxygen atoms in total. The quantitative estimate of drug-likeness (QED) is 0.777. The van der Waals surface area contributed by atoms with E-state index in [1.807, 2.05) is 0 Å². The van der Waals surface area contributed by atoms with Crippen LogP contribution in [0.15, 0.2) is 23.1 Å². The van der Waals surface area contributed by atoms with Crippen molar-refractivity contribution in [2.45, 2.75) is 55.9 Å². The number of ether oxygens (including phenoxy) is 1. The molecule has 2 aliphatic heterocycles. The fourth-order valence-electron chi connectivity index (χ4n) is 4.16. The molecule has 0 aliphatic carbocycles. The molecule has 0 unspecified atom stereocenters. The number of aromatic nitrogens is 3. The maximum Gasteiger partial charge on any atom is 0.246 e. The zero-order valence-electron chi connectivity index (χ0n) is 16.0. The summed E-state index contributed by atoms with van der Waals surface area (Å²) in [6.07, 6.45) is 5.79. The molecular weight excluding hydrogens is 383 g/mol. The van der Waals surface area contributed by atoms with Gasteiger partial charge in [0.25, 0.3) is 0 Å². The summed E-state index contributed by atoms with van der Waals surface area (Å²) in [5.74, 6) is 1.79. The van der Waals surface area contributed by atoms with Gasteiger partial charge < -0.3 is 9.30 Å². The molecule has 0 radical (unpaired) electrons. The van der Waals surface area contributed by atoms with Crippen molar-refractivity contribution in [3.05, 3.63) is 35.7 Å². The molecule has 9 heteroatoms. The zero-order valence-corrected chi connectivity index (χ0v) is 16.8. The predicted octanol–water partition coefficient (Wildman–Crippen LogP) is 2.72. The van der Waals surface area contributed by atoms with Crippen LogP contribution in [0.1, 0.15) is 49.7 Å². The summed E-state index contributed by atoms with van der Waals surface area (Å²) < 4.78 is 48.5. The summed E-state index contributed by atoms with van der Waals surface area (Å²) in [5, 5.41) is 8.79. The van der Waals surface area contributed by atoms with Gasteiger partial charge in [0.15, 0.2) is 0 Å². The summed E-state index contributed by atoms with van der Waals surface area (Å²) >= 11 is 0. The van der Waals surface area contributed by atoms with Gasteiger partial charge in [-0.05, 0) is 43.9 Å².